The lowest BCUT2D eigenvalue weighted by atomic mass is 10.2. The van der Waals surface area contributed by atoms with Crippen molar-refractivity contribution in [1.82, 2.24) is 30.6 Å². The van der Waals surface area contributed by atoms with Gasteiger partial charge in [0, 0.05) is 13.0 Å². The van der Waals surface area contributed by atoms with E-state index in [9.17, 15) is 4.79 Å². The normalized spacial score (nSPS) is 10.9. The first kappa shape index (κ1) is 19.2. The number of aromatic nitrogens is 6. The number of carbonyl (C=O) groups excluding carboxylic acids is 1. The Kier molecular flexibility index (Phi) is 5.86. The van der Waals surface area contributed by atoms with Crippen molar-refractivity contribution in [3.63, 3.8) is 0 Å². The fourth-order valence-electron chi connectivity index (χ4n) is 2.76. The van der Waals surface area contributed by atoms with Crippen LogP contribution in [0.25, 0.3) is 10.3 Å². The molecule has 9 nitrogen and oxygen atoms in total. The van der Waals surface area contributed by atoms with E-state index in [-0.39, 0.29) is 0 Å². The van der Waals surface area contributed by atoms with Crippen LogP contribution in [0.1, 0.15) is 18.7 Å². The van der Waals surface area contributed by atoms with E-state index in [2.05, 4.69) is 30.6 Å². The number of fused-ring (bicyclic) bond motifs is 1. The second-order valence-corrected chi connectivity index (χ2v) is 7.82. The summed E-state index contributed by atoms with van der Waals surface area (Å²) < 4.78 is 6.18. The van der Waals surface area contributed by atoms with Gasteiger partial charge >= 0.3 is 6.09 Å². The van der Waals surface area contributed by atoms with Gasteiger partial charge in [-0.05, 0) is 49.3 Å². The Morgan fingerprint density at radius 1 is 1.17 bits per heavy atom. The summed E-state index contributed by atoms with van der Waals surface area (Å²) in [5, 5.41) is 13.9. The molecule has 0 saturated carbocycles. The van der Waals surface area contributed by atoms with Crippen LogP contribution < -0.4 is 9.64 Å². The third-order valence-electron chi connectivity index (χ3n) is 4.14. The molecule has 148 valence electrons. The molecule has 0 aliphatic carbocycles. The molecule has 0 saturated heterocycles. The minimum Gasteiger partial charge on any atom is -0.410 e. The number of para-hydroxylation sites is 1. The summed E-state index contributed by atoms with van der Waals surface area (Å²) in [6.07, 6.45) is 1.70. The first-order chi connectivity index (χ1) is 14.2. The Bertz CT molecular complexity index is 1140. The van der Waals surface area contributed by atoms with E-state index in [1.807, 2.05) is 24.3 Å². The van der Waals surface area contributed by atoms with Crippen molar-refractivity contribution in [3.05, 3.63) is 52.2 Å². The first-order valence-electron chi connectivity index (χ1n) is 8.95. The number of tetrazole rings is 1. The highest BCUT2D eigenvalue weighted by molar-refractivity contribution is 7.73. The summed E-state index contributed by atoms with van der Waals surface area (Å²) in [6, 6.07) is 12.6. The van der Waals surface area contributed by atoms with Crippen molar-refractivity contribution >= 4 is 45.8 Å². The number of nitrogens with one attached hydrogen (secondary N) is 2. The summed E-state index contributed by atoms with van der Waals surface area (Å²) in [6.45, 7) is 0.442. The molecule has 1 amide bonds. The van der Waals surface area contributed by atoms with E-state index >= 15 is 0 Å². The molecule has 4 rings (SSSR count). The minimum atomic E-state index is -0.484. The van der Waals surface area contributed by atoms with Crippen LogP contribution in [-0.2, 0) is 6.42 Å². The number of benzene rings is 1. The number of aromatic amines is 2. The summed E-state index contributed by atoms with van der Waals surface area (Å²) >= 11 is 6.55. The second kappa shape index (κ2) is 8.88. The SMILES string of the molecule is O=C(Oc1ccccc1)N(CCCCc1nn[nH]n1)c1ccc2[nH]c(=S)sc2n1. The summed E-state index contributed by atoms with van der Waals surface area (Å²) in [4.78, 5) is 22.8. The van der Waals surface area contributed by atoms with Gasteiger partial charge in [0.2, 0.25) is 0 Å². The lowest BCUT2D eigenvalue weighted by molar-refractivity contribution is 0.207. The molecule has 3 heterocycles. The number of anilines is 1. The highest BCUT2D eigenvalue weighted by Gasteiger charge is 2.20. The Hall–Kier alpha value is -3.18. The molecule has 11 heteroatoms. The molecule has 29 heavy (non-hydrogen) atoms. The van der Waals surface area contributed by atoms with Gasteiger partial charge in [-0.3, -0.25) is 4.90 Å². The van der Waals surface area contributed by atoms with Gasteiger partial charge in [-0.1, -0.05) is 34.7 Å². The molecule has 0 fully saturated rings. The van der Waals surface area contributed by atoms with E-state index in [0.29, 0.717) is 34.3 Å². The summed E-state index contributed by atoms with van der Waals surface area (Å²) in [5.74, 6) is 1.64. The van der Waals surface area contributed by atoms with E-state index in [4.69, 9.17) is 17.0 Å². The Morgan fingerprint density at radius 2 is 2.03 bits per heavy atom. The molecule has 1 aromatic carbocycles. The monoisotopic (exact) mass is 427 g/mol. The number of aryl methyl sites for hydroxylation is 1. The van der Waals surface area contributed by atoms with E-state index in [1.54, 1.807) is 18.2 Å². The molecule has 0 radical (unpaired) electrons. The quantitative estimate of drug-likeness (QED) is 0.340. The molecule has 0 atom stereocenters. The van der Waals surface area contributed by atoms with Crippen molar-refractivity contribution in [2.75, 3.05) is 11.4 Å². The second-order valence-electron chi connectivity index (χ2n) is 6.15. The lowest BCUT2D eigenvalue weighted by Gasteiger charge is -2.21. The van der Waals surface area contributed by atoms with Gasteiger partial charge in [-0.15, -0.1) is 10.2 Å². The van der Waals surface area contributed by atoms with Gasteiger partial charge in [0.05, 0.1) is 5.52 Å². The third-order valence-corrected chi connectivity index (χ3v) is 5.28. The number of rotatable bonds is 7. The van der Waals surface area contributed by atoms with Gasteiger partial charge in [0.1, 0.15) is 16.4 Å². The van der Waals surface area contributed by atoms with Crippen LogP contribution in [0.15, 0.2) is 42.5 Å². The number of carbonyl (C=O) groups is 1. The molecule has 0 aliphatic heterocycles. The van der Waals surface area contributed by atoms with Crippen molar-refractivity contribution in [2.24, 2.45) is 0 Å². The molecular weight excluding hydrogens is 410 g/mol. The van der Waals surface area contributed by atoms with Gasteiger partial charge in [0.15, 0.2) is 9.78 Å². The van der Waals surface area contributed by atoms with E-state index in [1.165, 1.54) is 16.2 Å². The maximum atomic E-state index is 12.9. The number of H-pyrrole nitrogens is 2. The largest absolute Gasteiger partial charge is 0.420 e. The molecule has 0 bridgehead atoms. The predicted octanol–water partition coefficient (Wildman–Crippen LogP) is 3.90. The Morgan fingerprint density at radius 3 is 2.83 bits per heavy atom. The first-order valence-corrected chi connectivity index (χ1v) is 10.2. The van der Waals surface area contributed by atoms with Crippen molar-refractivity contribution in [1.29, 1.82) is 0 Å². The van der Waals surface area contributed by atoms with Crippen LogP contribution in [0.2, 0.25) is 0 Å². The lowest BCUT2D eigenvalue weighted by Crippen LogP contribution is -2.35. The molecule has 0 spiro atoms. The molecule has 2 N–H and O–H groups in total. The van der Waals surface area contributed by atoms with Crippen LogP contribution in [0.5, 0.6) is 5.75 Å². The average Bonchev–Trinajstić information content (AvgIpc) is 3.36. The number of pyridine rings is 1. The van der Waals surface area contributed by atoms with Crippen LogP contribution in [0.4, 0.5) is 10.6 Å². The van der Waals surface area contributed by atoms with Crippen molar-refractivity contribution < 1.29 is 9.53 Å². The zero-order valence-corrected chi connectivity index (χ0v) is 16.9. The van der Waals surface area contributed by atoms with Gasteiger partial charge in [0.25, 0.3) is 0 Å². The number of ether oxygens (including phenoxy) is 1. The number of hydrogen-bond acceptors (Lipinski definition) is 8. The fraction of sp³-hybridized carbons (Fsp3) is 0.222. The van der Waals surface area contributed by atoms with E-state index < -0.39 is 6.09 Å². The smallest absolute Gasteiger partial charge is 0.410 e. The summed E-state index contributed by atoms with van der Waals surface area (Å²) in [5.41, 5.74) is 0.845. The van der Waals surface area contributed by atoms with Gasteiger partial charge in [-0.2, -0.15) is 5.21 Å². The zero-order chi connectivity index (χ0) is 20.1. The maximum Gasteiger partial charge on any atom is 0.420 e. The topological polar surface area (TPSA) is 113 Å². The van der Waals surface area contributed by atoms with Gasteiger partial charge in [-0.25, -0.2) is 9.78 Å². The van der Waals surface area contributed by atoms with Crippen LogP contribution >= 0.6 is 23.6 Å². The van der Waals surface area contributed by atoms with Crippen LogP contribution in [-0.4, -0.2) is 43.2 Å². The molecule has 0 unspecified atom stereocenters. The van der Waals surface area contributed by atoms with Crippen LogP contribution in [0.3, 0.4) is 0 Å². The number of unbranched alkanes of at least 4 members (excludes halogenated alkanes) is 1. The molecule has 3 aromatic heterocycles. The van der Waals surface area contributed by atoms with Crippen LogP contribution in [0, 0.1) is 3.95 Å². The standard InChI is InChI=1S/C18H17N7O2S2/c26-18(27-12-6-2-1-3-7-12)25(11-5-4-8-14-21-23-24-22-14)15-10-9-13-16(20-15)29-17(28)19-13/h1-3,6-7,9-10H,4-5,8,11H2,(H,19,28)(H,21,22,23,24). The predicted molar refractivity (Wildman–Crippen MR) is 112 cm³/mol. The highest BCUT2D eigenvalue weighted by Crippen LogP contribution is 2.23. The number of amides is 1. The number of thiazole rings is 1. The Labute approximate surface area is 174 Å². The third kappa shape index (κ3) is 4.81. The molecule has 0 aliphatic rings. The van der Waals surface area contributed by atoms with Gasteiger partial charge < -0.3 is 9.72 Å². The minimum absolute atomic E-state index is 0.442. The fourth-order valence-corrected chi connectivity index (χ4v) is 3.81. The zero-order valence-electron chi connectivity index (χ0n) is 15.2. The summed E-state index contributed by atoms with van der Waals surface area (Å²) in [7, 11) is 0. The van der Waals surface area contributed by atoms with Crippen molar-refractivity contribution in [2.45, 2.75) is 19.3 Å². The number of nitrogens with zero attached hydrogens (tertiary/aromatic N) is 5. The molecule has 4 aromatic rings. The highest BCUT2D eigenvalue weighted by atomic mass is 32.1. The van der Waals surface area contributed by atoms with E-state index in [0.717, 1.165) is 23.2 Å². The Balaban J connectivity index is 1.51. The van der Waals surface area contributed by atoms with Crippen molar-refractivity contribution in [3.8, 4) is 5.75 Å². The average molecular weight is 428 g/mol. The maximum absolute atomic E-state index is 12.9. The number of hydrogen-bond donors (Lipinski definition) is 2. The molecular formula is C18H17N7O2S2.